The summed E-state index contributed by atoms with van der Waals surface area (Å²) < 4.78 is 14.2. The van der Waals surface area contributed by atoms with Gasteiger partial charge >= 0.3 is 0 Å². The highest BCUT2D eigenvalue weighted by Gasteiger charge is 2.30. The zero-order valence-corrected chi connectivity index (χ0v) is 11.4. The summed E-state index contributed by atoms with van der Waals surface area (Å²) in [7, 11) is 1.83. The van der Waals surface area contributed by atoms with E-state index in [1.54, 1.807) is 6.07 Å². The Labute approximate surface area is 113 Å². The van der Waals surface area contributed by atoms with E-state index in [0.717, 1.165) is 5.56 Å². The largest absolute Gasteiger partial charge is 0.355 e. The third-order valence-electron chi connectivity index (χ3n) is 3.44. The van der Waals surface area contributed by atoms with E-state index >= 15 is 0 Å². The van der Waals surface area contributed by atoms with Crippen LogP contribution < -0.4 is 15.5 Å². The van der Waals surface area contributed by atoms with Crippen molar-refractivity contribution in [1.82, 2.24) is 10.6 Å². The van der Waals surface area contributed by atoms with Crippen molar-refractivity contribution < 1.29 is 9.18 Å². The Hall–Kier alpha value is -1.62. The van der Waals surface area contributed by atoms with Crippen LogP contribution in [0.1, 0.15) is 18.9 Å². The maximum Gasteiger partial charge on any atom is 0.242 e. The third-order valence-corrected chi connectivity index (χ3v) is 3.44. The highest BCUT2D eigenvalue weighted by Crippen LogP contribution is 2.28. The van der Waals surface area contributed by atoms with E-state index in [1.165, 1.54) is 6.07 Å². The molecule has 0 aromatic heterocycles. The van der Waals surface area contributed by atoms with Gasteiger partial charge in [0.05, 0.1) is 5.69 Å². The molecule has 2 N–H and O–H groups in total. The van der Waals surface area contributed by atoms with E-state index < -0.39 is 0 Å². The number of rotatable bonds is 4. The van der Waals surface area contributed by atoms with Gasteiger partial charge < -0.3 is 15.5 Å². The van der Waals surface area contributed by atoms with E-state index in [0.29, 0.717) is 31.7 Å². The van der Waals surface area contributed by atoms with Gasteiger partial charge in [0, 0.05) is 19.6 Å². The molecule has 5 heteroatoms. The average molecular weight is 265 g/mol. The SMILES string of the molecule is CCC1C(=O)NCCN1c1c(F)cccc1CNC. The van der Waals surface area contributed by atoms with E-state index in [4.69, 9.17) is 0 Å². The van der Waals surface area contributed by atoms with E-state index in [9.17, 15) is 9.18 Å². The molecule has 1 atom stereocenters. The summed E-state index contributed by atoms with van der Waals surface area (Å²) in [4.78, 5) is 13.8. The second-order valence-corrected chi connectivity index (χ2v) is 4.69. The molecule has 1 aliphatic heterocycles. The molecular weight excluding hydrogens is 245 g/mol. The number of halogens is 1. The van der Waals surface area contributed by atoms with Gasteiger partial charge in [-0.15, -0.1) is 0 Å². The Morgan fingerprint density at radius 3 is 3.00 bits per heavy atom. The van der Waals surface area contributed by atoms with Gasteiger partial charge in [-0.2, -0.15) is 0 Å². The Kier molecular flexibility index (Phi) is 4.37. The molecule has 0 saturated carbocycles. The molecule has 2 rings (SSSR count). The Balaban J connectivity index is 2.41. The number of benzene rings is 1. The molecule has 1 heterocycles. The van der Waals surface area contributed by atoms with Gasteiger partial charge in [0.25, 0.3) is 0 Å². The van der Waals surface area contributed by atoms with Gasteiger partial charge in [-0.05, 0) is 25.1 Å². The van der Waals surface area contributed by atoms with Crippen LogP contribution in [0.2, 0.25) is 0 Å². The van der Waals surface area contributed by atoms with Crippen molar-refractivity contribution in [2.75, 3.05) is 25.0 Å². The molecule has 4 nitrogen and oxygen atoms in total. The van der Waals surface area contributed by atoms with Crippen molar-refractivity contribution in [2.45, 2.75) is 25.9 Å². The van der Waals surface area contributed by atoms with Crippen LogP contribution in [0.3, 0.4) is 0 Å². The first-order valence-corrected chi connectivity index (χ1v) is 6.65. The Bertz CT molecular complexity index is 464. The number of para-hydroxylation sites is 1. The summed E-state index contributed by atoms with van der Waals surface area (Å²) in [6.07, 6.45) is 0.666. The predicted octanol–water partition coefficient (Wildman–Crippen LogP) is 1.26. The van der Waals surface area contributed by atoms with Crippen LogP contribution in [0, 0.1) is 5.82 Å². The molecule has 1 aromatic carbocycles. The first-order valence-electron chi connectivity index (χ1n) is 6.65. The summed E-state index contributed by atoms with van der Waals surface area (Å²) in [5.74, 6) is -0.284. The lowest BCUT2D eigenvalue weighted by Crippen LogP contribution is -2.55. The second kappa shape index (κ2) is 6.02. The fourth-order valence-corrected chi connectivity index (χ4v) is 2.60. The monoisotopic (exact) mass is 265 g/mol. The quantitative estimate of drug-likeness (QED) is 0.861. The number of amides is 1. The molecule has 1 unspecified atom stereocenters. The minimum atomic E-state index is -0.291. The number of hydrogen-bond acceptors (Lipinski definition) is 3. The number of hydrogen-bond donors (Lipinski definition) is 2. The summed E-state index contributed by atoms with van der Waals surface area (Å²) in [6.45, 7) is 3.73. The summed E-state index contributed by atoms with van der Waals surface area (Å²) in [5, 5.41) is 5.88. The fourth-order valence-electron chi connectivity index (χ4n) is 2.60. The summed E-state index contributed by atoms with van der Waals surface area (Å²) >= 11 is 0. The number of piperazine rings is 1. The van der Waals surface area contributed by atoms with Crippen LogP contribution in [-0.2, 0) is 11.3 Å². The molecule has 0 bridgehead atoms. The van der Waals surface area contributed by atoms with Gasteiger partial charge in [-0.1, -0.05) is 19.1 Å². The minimum absolute atomic E-state index is 0.0209. The number of anilines is 1. The van der Waals surface area contributed by atoms with Gasteiger partial charge in [0.1, 0.15) is 11.9 Å². The van der Waals surface area contributed by atoms with E-state index in [2.05, 4.69) is 10.6 Å². The molecular formula is C14H20FN3O. The Morgan fingerprint density at radius 2 is 2.32 bits per heavy atom. The normalized spacial score (nSPS) is 19.4. The molecule has 19 heavy (non-hydrogen) atoms. The van der Waals surface area contributed by atoms with Crippen molar-refractivity contribution in [3.63, 3.8) is 0 Å². The van der Waals surface area contributed by atoms with Crippen molar-refractivity contribution in [3.05, 3.63) is 29.6 Å². The standard InChI is InChI=1S/C14H20FN3O/c1-3-12-14(19)17-7-8-18(12)13-10(9-16-2)5-4-6-11(13)15/h4-6,12,16H,3,7-9H2,1-2H3,(H,17,19). The van der Waals surface area contributed by atoms with Crippen molar-refractivity contribution in [1.29, 1.82) is 0 Å². The van der Waals surface area contributed by atoms with Gasteiger partial charge in [0.15, 0.2) is 0 Å². The highest BCUT2D eigenvalue weighted by atomic mass is 19.1. The van der Waals surface area contributed by atoms with Crippen LogP contribution in [0.25, 0.3) is 0 Å². The van der Waals surface area contributed by atoms with Crippen molar-refractivity contribution in [2.24, 2.45) is 0 Å². The van der Waals surface area contributed by atoms with Crippen LogP contribution in [0.4, 0.5) is 10.1 Å². The van der Waals surface area contributed by atoms with Gasteiger partial charge in [-0.25, -0.2) is 4.39 Å². The second-order valence-electron chi connectivity index (χ2n) is 4.69. The lowest BCUT2D eigenvalue weighted by Gasteiger charge is -2.37. The van der Waals surface area contributed by atoms with Gasteiger partial charge in [-0.3, -0.25) is 4.79 Å². The lowest BCUT2D eigenvalue weighted by atomic mass is 10.0. The Morgan fingerprint density at radius 1 is 1.53 bits per heavy atom. The number of nitrogens with one attached hydrogen (secondary N) is 2. The number of carbonyl (C=O) groups excluding carboxylic acids is 1. The summed E-state index contributed by atoms with van der Waals surface area (Å²) in [5.41, 5.74) is 1.44. The van der Waals surface area contributed by atoms with Crippen LogP contribution in [0.15, 0.2) is 18.2 Å². The third kappa shape index (κ3) is 2.71. The first kappa shape index (κ1) is 13.8. The lowest BCUT2D eigenvalue weighted by molar-refractivity contribution is -0.123. The van der Waals surface area contributed by atoms with Crippen molar-refractivity contribution >= 4 is 11.6 Å². The van der Waals surface area contributed by atoms with Crippen LogP contribution in [0.5, 0.6) is 0 Å². The molecule has 104 valence electrons. The molecule has 0 aliphatic carbocycles. The zero-order valence-electron chi connectivity index (χ0n) is 11.4. The fraction of sp³-hybridized carbons (Fsp3) is 0.500. The molecule has 0 radical (unpaired) electrons. The molecule has 1 aromatic rings. The molecule has 1 fully saturated rings. The molecule has 1 saturated heterocycles. The maximum absolute atomic E-state index is 14.2. The smallest absolute Gasteiger partial charge is 0.242 e. The van der Waals surface area contributed by atoms with Crippen LogP contribution >= 0.6 is 0 Å². The van der Waals surface area contributed by atoms with Crippen LogP contribution in [-0.4, -0.2) is 32.1 Å². The zero-order chi connectivity index (χ0) is 13.8. The summed E-state index contributed by atoms with van der Waals surface area (Å²) in [6, 6.07) is 4.76. The minimum Gasteiger partial charge on any atom is -0.355 e. The molecule has 1 amide bonds. The predicted molar refractivity (Wildman–Crippen MR) is 73.6 cm³/mol. The van der Waals surface area contributed by atoms with Gasteiger partial charge in [0.2, 0.25) is 5.91 Å². The average Bonchev–Trinajstić information content (AvgIpc) is 2.39. The van der Waals surface area contributed by atoms with E-state index in [1.807, 2.05) is 24.9 Å². The number of carbonyl (C=O) groups is 1. The molecule has 1 aliphatic rings. The topological polar surface area (TPSA) is 44.4 Å². The maximum atomic E-state index is 14.2. The van der Waals surface area contributed by atoms with E-state index in [-0.39, 0.29) is 17.8 Å². The first-order chi connectivity index (χ1) is 9.19. The molecule has 0 spiro atoms. The van der Waals surface area contributed by atoms with Crippen molar-refractivity contribution in [3.8, 4) is 0 Å². The number of nitrogens with zero attached hydrogens (tertiary/aromatic N) is 1. The highest BCUT2D eigenvalue weighted by molar-refractivity contribution is 5.86.